The summed E-state index contributed by atoms with van der Waals surface area (Å²) in [6.07, 6.45) is 2.29. The molecule has 3 N–H and O–H groups in total. The largest absolute Gasteiger partial charge is 0.480 e. The maximum Gasteiger partial charge on any atom is 0.329 e. The van der Waals surface area contributed by atoms with Gasteiger partial charge in [0.05, 0.1) is 4.90 Å². The van der Waals surface area contributed by atoms with Crippen molar-refractivity contribution >= 4 is 21.9 Å². The number of sulfonamides is 1. The molecule has 0 saturated heterocycles. The van der Waals surface area contributed by atoms with E-state index >= 15 is 0 Å². The fraction of sp³-hybridized carbons (Fsp3) is 0.375. The Bertz CT molecular complexity index is 712. The minimum absolute atomic E-state index is 0.00968. The smallest absolute Gasteiger partial charge is 0.329 e. The van der Waals surface area contributed by atoms with Gasteiger partial charge in [-0.15, -0.1) is 6.58 Å². The summed E-state index contributed by atoms with van der Waals surface area (Å²) in [5.74, 6) is -1.69. The molecule has 1 atom stereocenters. The van der Waals surface area contributed by atoms with Crippen LogP contribution in [0.2, 0.25) is 0 Å². The van der Waals surface area contributed by atoms with Gasteiger partial charge in [0.2, 0.25) is 10.0 Å². The Balaban J connectivity index is 2.94. The summed E-state index contributed by atoms with van der Waals surface area (Å²) >= 11 is 0. The first-order valence-corrected chi connectivity index (χ1v) is 8.91. The predicted molar refractivity (Wildman–Crippen MR) is 90.2 cm³/mol. The molecule has 1 aromatic carbocycles. The SMILES string of the molecule is C=CCNS(=O)(=O)c1ccc(C(=O)NC(C)(CCC)C(=O)O)cc1. The van der Waals surface area contributed by atoms with Gasteiger partial charge >= 0.3 is 5.97 Å². The molecule has 24 heavy (non-hydrogen) atoms. The highest BCUT2D eigenvalue weighted by Crippen LogP contribution is 2.15. The van der Waals surface area contributed by atoms with Crippen LogP contribution in [-0.4, -0.2) is 37.5 Å². The molecule has 0 aliphatic heterocycles. The summed E-state index contributed by atoms with van der Waals surface area (Å²) in [4.78, 5) is 23.6. The number of benzene rings is 1. The maximum atomic E-state index is 12.2. The molecule has 0 aliphatic rings. The van der Waals surface area contributed by atoms with Gasteiger partial charge in [0.25, 0.3) is 5.91 Å². The Labute approximate surface area is 141 Å². The van der Waals surface area contributed by atoms with E-state index in [9.17, 15) is 23.1 Å². The molecule has 0 saturated carbocycles. The normalized spacial score (nSPS) is 13.8. The van der Waals surface area contributed by atoms with Crippen LogP contribution in [0.3, 0.4) is 0 Å². The standard InChI is InChI=1S/C16H22N2O5S/c1-4-10-16(3,15(20)21)18-14(19)12-6-8-13(9-7-12)24(22,23)17-11-5-2/h5-9,17H,2,4,10-11H2,1,3H3,(H,18,19)(H,20,21). The van der Waals surface area contributed by atoms with Gasteiger partial charge in [-0.3, -0.25) is 4.79 Å². The lowest BCUT2D eigenvalue weighted by Crippen LogP contribution is -2.52. The number of carboxylic acid groups (broad SMARTS) is 1. The van der Waals surface area contributed by atoms with E-state index in [0.29, 0.717) is 6.42 Å². The van der Waals surface area contributed by atoms with Crippen molar-refractivity contribution < 1.29 is 23.1 Å². The topological polar surface area (TPSA) is 113 Å². The van der Waals surface area contributed by atoms with Crippen molar-refractivity contribution in [3.05, 3.63) is 42.5 Å². The number of amides is 1. The molecular formula is C16H22N2O5S. The van der Waals surface area contributed by atoms with E-state index in [1.54, 1.807) is 0 Å². The minimum atomic E-state index is -3.67. The summed E-state index contributed by atoms with van der Waals surface area (Å²) in [5, 5.41) is 11.8. The molecule has 0 bridgehead atoms. The highest BCUT2D eigenvalue weighted by molar-refractivity contribution is 7.89. The third-order valence-electron chi connectivity index (χ3n) is 3.46. The van der Waals surface area contributed by atoms with Gasteiger partial charge in [0.1, 0.15) is 5.54 Å². The fourth-order valence-electron chi connectivity index (χ4n) is 2.08. The number of aliphatic carboxylic acids is 1. The molecule has 8 heteroatoms. The van der Waals surface area contributed by atoms with Gasteiger partial charge in [0.15, 0.2) is 0 Å². The van der Waals surface area contributed by atoms with Crippen LogP contribution in [0.15, 0.2) is 41.8 Å². The van der Waals surface area contributed by atoms with Crippen molar-refractivity contribution in [2.75, 3.05) is 6.54 Å². The second kappa shape index (κ2) is 8.07. The first kappa shape index (κ1) is 19.9. The van der Waals surface area contributed by atoms with Crippen LogP contribution >= 0.6 is 0 Å². The first-order valence-electron chi connectivity index (χ1n) is 7.43. The molecule has 132 valence electrons. The van der Waals surface area contributed by atoms with Crippen LogP contribution in [0.5, 0.6) is 0 Å². The molecule has 0 radical (unpaired) electrons. The van der Waals surface area contributed by atoms with Gasteiger partial charge in [-0.05, 0) is 37.6 Å². The summed E-state index contributed by atoms with van der Waals surface area (Å²) < 4.78 is 26.2. The van der Waals surface area contributed by atoms with Gasteiger partial charge in [0, 0.05) is 12.1 Å². The van der Waals surface area contributed by atoms with Gasteiger partial charge in [-0.25, -0.2) is 17.9 Å². The van der Waals surface area contributed by atoms with Crippen LogP contribution in [0.25, 0.3) is 0 Å². The molecule has 0 aromatic heterocycles. The molecule has 1 rings (SSSR count). The Morgan fingerprint density at radius 1 is 1.29 bits per heavy atom. The predicted octanol–water partition coefficient (Wildman–Crippen LogP) is 1.52. The van der Waals surface area contributed by atoms with Gasteiger partial charge in [-0.1, -0.05) is 19.4 Å². The minimum Gasteiger partial charge on any atom is -0.480 e. The Morgan fingerprint density at radius 3 is 2.33 bits per heavy atom. The number of hydrogen-bond donors (Lipinski definition) is 3. The second-order valence-electron chi connectivity index (χ2n) is 5.51. The van der Waals surface area contributed by atoms with Crippen molar-refractivity contribution in [2.45, 2.75) is 37.1 Å². The van der Waals surface area contributed by atoms with E-state index in [-0.39, 0.29) is 23.4 Å². The monoisotopic (exact) mass is 354 g/mol. The third-order valence-corrected chi connectivity index (χ3v) is 4.90. The Hall–Kier alpha value is -2.19. The average Bonchev–Trinajstić information content (AvgIpc) is 2.53. The average molecular weight is 354 g/mol. The maximum absolute atomic E-state index is 12.2. The Morgan fingerprint density at radius 2 is 1.88 bits per heavy atom. The number of nitrogens with one attached hydrogen (secondary N) is 2. The van der Waals surface area contributed by atoms with E-state index in [1.165, 1.54) is 37.3 Å². The second-order valence-corrected chi connectivity index (χ2v) is 7.27. The molecule has 0 heterocycles. The number of hydrogen-bond acceptors (Lipinski definition) is 4. The molecule has 0 aliphatic carbocycles. The van der Waals surface area contributed by atoms with Crippen molar-refractivity contribution in [2.24, 2.45) is 0 Å². The lowest BCUT2D eigenvalue weighted by atomic mass is 9.96. The zero-order valence-corrected chi connectivity index (χ0v) is 14.5. The van der Waals surface area contributed by atoms with Crippen molar-refractivity contribution in [3.8, 4) is 0 Å². The zero-order chi connectivity index (χ0) is 18.4. The fourth-order valence-corrected chi connectivity index (χ4v) is 3.08. The zero-order valence-electron chi connectivity index (χ0n) is 13.7. The first-order chi connectivity index (χ1) is 11.2. The number of carbonyl (C=O) groups excluding carboxylic acids is 1. The van der Waals surface area contributed by atoms with E-state index in [0.717, 1.165) is 0 Å². The number of carboxylic acids is 1. The highest BCUT2D eigenvalue weighted by Gasteiger charge is 2.34. The van der Waals surface area contributed by atoms with E-state index in [2.05, 4.69) is 16.6 Å². The third kappa shape index (κ3) is 4.90. The van der Waals surface area contributed by atoms with Crippen LogP contribution in [0.4, 0.5) is 0 Å². The van der Waals surface area contributed by atoms with E-state index < -0.39 is 27.4 Å². The lowest BCUT2D eigenvalue weighted by Gasteiger charge is -2.25. The number of carbonyl (C=O) groups is 2. The summed E-state index contributed by atoms with van der Waals surface area (Å²) in [5.41, 5.74) is -1.19. The Kier molecular flexibility index (Phi) is 6.68. The molecule has 0 fully saturated rings. The van der Waals surface area contributed by atoms with Crippen molar-refractivity contribution in [3.63, 3.8) is 0 Å². The van der Waals surface area contributed by atoms with Crippen LogP contribution < -0.4 is 10.0 Å². The van der Waals surface area contributed by atoms with Gasteiger partial charge in [-0.2, -0.15) is 0 Å². The van der Waals surface area contributed by atoms with Crippen LogP contribution in [0, 0.1) is 0 Å². The quantitative estimate of drug-likeness (QED) is 0.582. The summed E-state index contributed by atoms with van der Waals surface area (Å²) in [6, 6.07) is 5.26. The summed E-state index contributed by atoms with van der Waals surface area (Å²) in [6.45, 7) is 6.79. The van der Waals surface area contributed by atoms with E-state index in [1.807, 2.05) is 6.92 Å². The van der Waals surface area contributed by atoms with E-state index in [4.69, 9.17) is 0 Å². The number of rotatable bonds is 9. The molecule has 1 amide bonds. The lowest BCUT2D eigenvalue weighted by molar-refractivity contribution is -0.144. The molecule has 7 nitrogen and oxygen atoms in total. The molecule has 1 aromatic rings. The van der Waals surface area contributed by atoms with Crippen molar-refractivity contribution in [1.82, 2.24) is 10.0 Å². The summed E-state index contributed by atoms with van der Waals surface area (Å²) in [7, 11) is -3.67. The molecular weight excluding hydrogens is 332 g/mol. The van der Waals surface area contributed by atoms with Crippen LogP contribution in [0.1, 0.15) is 37.0 Å². The highest BCUT2D eigenvalue weighted by atomic mass is 32.2. The van der Waals surface area contributed by atoms with Crippen molar-refractivity contribution in [1.29, 1.82) is 0 Å². The molecule has 0 spiro atoms. The van der Waals surface area contributed by atoms with Crippen LogP contribution in [-0.2, 0) is 14.8 Å². The molecule has 1 unspecified atom stereocenters. The van der Waals surface area contributed by atoms with Gasteiger partial charge < -0.3 is 10.4 Å².